The Balaban J connectivity index is 2.29. The van der Waals surface area contributed by atoms with Crippen molar-refractivity contribution in [1.29, 1.82) is 0 Å². The van der Waals surface area contributed by atoms with Crippen molar-refractivity contribution >= 4 is 12.9 Å². The lowest BCUT2D eigenvalue weighted by molar-refractivity contribution is 0.399. The van der Waals surface area contributed by atoms with E-state index in [0.717, 1.165) is 5.69 Å². The van der Waals surface area contributed by atoms with Gasteiger partial charge in [-0.2, -0.15) is 0 Å². The van der Waals surface area contributed by atoms with Crippen molar-refractivity contribution < 1.29 is 0 Å². The van der Waals surface area contributed by atoms with Crippen molar-refractivity contribution in [2.24, 2.45) is 4.99 Å². The van der Waals surface area contributed by atoms with Gasteiger partial charge in [0.25, 0.3) is 0 Å². The summed E-state index contributed by atoms with van der Waals surface area (Å²) in [6.45, 7) is 5.49. The van der Waals surface area contributed by atoms with Crippen molar-refractivity contribution in [1.82, 2.24) is 9.55 Å². The SMILES string of the molecule is C=N/C=C\n1c(C)cnc1C1CCC1. The lowest BCUT2D eigenvalue weighted by Crippen LogP contribution is -2.13. The van der Waals surface area contributed by atoms with E-state index in [1.54, 1.807) is 6.20 Å². The van der Waals surface area contributed by atoms with E-state index in [2.05, 4.69) is 28.2 Å². The number of aromatic nitrogens is 2. The van der Waals surface area contributed by atoms with Crippen LogP contribution in [0.5, 0.6) is 0 Å². The van der Waals surface area contributed by atoms with Crippen molar-refractivity contribution in [2.45, 2.75) is 32.1 Å². The Bertz CT molecular complexity index is 359. The zero-order chi connectivity index (χ0) is 9.97. The molecule has 0 atom stereocenters. The molecule has 1 aromatic rings. The second kappa shape index (κ2) is 3.78. The van der Waals surface area contributed by atoms with Gasteiger partial charge >= 0.3 is 0 Å². The number of imidazole rings is 1. The molecule has 1 aliphatic rings. The monoisotopic (exact) mass is 189 g/mol. The zero-order valence-corrected chi connectivity index (χ0v) is 8.48. The summed E-state index contributed by atoms with van der Waals surface area (Å²) in [5.74, 6) is 1.83. The molecule has 0 spiro atoms. The molecule has 74 valence electrons. The molecule has 1 heterocycles. The first-order chi connectivity index (χ1) is 6.83. The fourth-order valence-corrected chi connectivity index (χ4v) is 1.74. The number of aryl methyl sites for hydroxylation is 1. The van der Waals surface area contributed by atoms with Crippen LogP contribution in [0.2, 0.25) is 0 Å². The average Bonchev–Trinajstić information content (AvgIpc) is 2.42. The molecule has 1 fully saturated rings. The van der Waals surface area contributed by atoms with Crippen LogP contribution in [0.4, 0.5) is 0 Å². The average molecular weight is 189 g/mol. The second-order valence-electron chi connectivity index (χ2n) is 3.74. The molecule has 0 saturated heterocycles. The Morgan fingerprint density at radius 2 is 2.43 bits per heavy atom. The predicted molar refractivity (Wildman–Crippen MR) is 58.4 cm³/mol. The lowest BCUT2D eigenvalue weighted by atomic mass is 9.85. The normalized spacial score (nSPS) is 17.2. The quantitative estimate of drug-likeness (QED) is 0.672. The third-order valence-corrected chi connectivity index (χ3v) is 2.80. The highest BCUT2D eigenvalue weighted by atomic mass is 15.1. The molecule has 0 bridgehead atoms. The Morgan fingerprint density at radius 1 is 1.64 bits per heavy atom. The van der Waals surface area contributed by atoms with Gasteiger partial charge in [0.1, 0.15) is 5.82 Å². The smallest absolute Gasteiger partial charge is 0.116 e. The van der Waals surface area contributed by atoms with E-state index in [1.807, 2.05) is 12.4 Å². The summed E-state index contributed by atoms with van der Waals surface area (Å²) in [6.07, 6.45) is 9.43. The van der Waals surface area contributed by atoms with Gasteiger partial charge in [0, 0.05) is 30.2 Å². The fraction of sp³-hybridized carbons (Fsp3) is 0.455. The molecule has 0 unspecified atom stereocenters. The van der Waals surface area contributed by atoms with E-state index in [9.17, 15) is 0 Å². The van der Waals surface area contributed by atoms with Crippen LogP contribution in [-0.2, 0) is 0 Å². The molecule has 3 heteroatoms. The number of hydrogen-bond donors (Lipinski definition) is 0. The summed E-state index contributed by atoms with van der Waals surface area (Å²) in [5, 5.41) is 0. The van der Waals surface area contributed by atoms with Gasteiger partial charge in [0.05, 0.1) is 0 Å². The van der Waals surface area contributed by atoms with Crippen LogP contribution in [0, 0.1) is 6.92 Å². The van der Waals surface area contributed by atoms with Crippen molar-refractivity contribution in [3.05, 3.63) is 23.9 Å². The summed E-state index contributed by atoms with van der Waals surface area (Å²) >= 11 is 0. The molecule has 0 radical (unpaired) electrons. The van der Waals surface area contributed by atoms with Gasteiger partial charge in [-0.15, -0.1) is 0 Å². The van der Waals surface area contributed by atoms with Gasteiger partial charge in [0.15, 0.2) is 0 Å². The van der Waals surface area contributed by atoms with Crippen LogP contribution in [-0.4, -0.2) is 16.3 Å². The number of nitrogens with zero attached hydrogens (tertiary/aromatic N) is 3. The minimum absolute atomic E-state index is 0.651. The van der Waals surface area contributed by atoms with Gasteiger partial charge in [-0.05, 0) is 26.5 Å². The Hall–Kier alpha value is -1.38. The van der Waals surface area contributed by atoms with Crippen molar-refractivity contribution in [3.8, 4) is 0 Å². The Morgan fingerprint density at radius 3 is 3.00 bits per heavy atom. The molecule has 14 heavy (non-hydrogen) atoms. The van der Waals surface area contributed by atoms with Crippen LogP contribution in [0.3, 0.4) is 0 Å². The molecular formula is C11H15N3. The van der Waals surface area contributed by atoms with E-state index in [4.69, 9.17) is 0 Å². The highest BCUT2D eigenvalue weighted by Crippen LogP contribution is 2.35. The number of aliphatic imine (C=N–C) groups is 1. The van der Waals surface area contributed by atoms with Gasteiger partial charge in [0.2, 0.25) is 0 Å². The molecule has 1 aliphatic carbocycles. The minimum Gasteiger partial charge on any atom is -0.306 e. The zero-order valence-electron chi connectivity index (χ0n) is 8.48. The Labute approximate surface area is 84.2 Å². The topological polar surface area (TPSA) is 30.2 Å². The van der Waals surface area contributed by atoms with E-state index >= 15 is 0 Å². The molecule has 0 N–H and O–H groups in total. The van der Waals surface area contributed by atoms with Gasteiger partial charge in [-0.25, -0.2) is 4.98 Å². The molecular weight excluding hydrogens is 174 g/mol. The fourth-order valence-electron chi connectivity index (χ4n) is 1.74. The largest absolute Gasteiger partial charge is 0.306 e. The highest BCUT2D eigenvalue weighted by Gasteiger charge is 2.23. The molecule has 0 aromatic carbocycles. The van der Waals surface area contributed by atoms with Gasteiger partial charge in [-0.3, -0.25) is 4.99 Å². The first-order valence-electron chi connectivity index (χ1n) is 4.99. The standard InChI is InChI=1S/C11H15N3/c1-9-8-13-11(10-4-3-5-10)14(9)7-6-12-2/h6-8,10H,2-5H2,1H3/b7-6-. The van der Waals surface area contributed by atoms with Crippen molar-refractivity contribution in [3.63, 3.8) is 0 Å². The van der Waals surface area contributed by atoms with Gasteiger partial charge in [-0.1, -0.05) is 6.42 Å². The van der Waals surface area contributed by atoms with Crippen LogP contribution in [0.15, 0.2) is 17.4 Å². The van der Waals surface area contributed by atoms with Crippen LogP contribution in [0.25, 0.3) is 6.20 Å². The second-order valence-corrected chi connectivity index (χ2v) is 3.74. The number of rotatable bonds is 3. The van der Waals surface area contributed by atoms with Gasteiger partial charge < -0.3 is 4.57 Å². The summed E-state index contributed by atoms with van der Waals surface area (Å²) in [5.41, 5.74) is 1.16. The highest BCUT2D eigenvalue weighted by molar-refractivity contribution is 5.34. The van der Waals surface area contributed by atoms with E-state index < -0.39 is 0 Å². The molecule has 1 saturated carbocycles. The maximum Gasteiger partial charge on any atom is 0.116 e. The summed E-state index contributed by atoms with van der Waals surface area (Å²) in [6, 6.07) is 0. The molecule has 3 nitrogen and oxygen atoms in total. The van der Waals surface area contributed by atoms with E-state index in [-0.39, 0.29) is 0 Å². The third kappa shape index (κ3) is 1.50. The van der Waals surface area contributed by atoms with E-state index in [0.29, 0.717) is 5.92 Å². The van der Waals surface area contributed by atoms with Crippen molar-refractivity contribution in [2.75, 3.05) is 0 Å². The Kier molecular flexibility index (Phi) is 2.48. The van der Waals surface area contributed by atoms with Crippen LogP contribution >= 0.6 is 0 Å². The lowest BCUT2D eigenvalue weighted by Gasteiger charge is -2.24. The summed E-state index contributed by atoms with van der Waals surface area (Å²) < 4.78 is 2.11. The minimum atomic E-state index is 0.651. The maximum absolute atomic E-state index is 4.44. The van der Waals surface area contributed by atoms with E-state index in [1.165, 1.54) is 25.1 Å². The maximum atomic E-state index is 4.44. The number of hydrogen-bond acceptors (Lipinski definition) is 2. The first-order valence-corrected chi connectivity index (χ1v) is 4.99. The molecule has 2 rings (SSSR count). The summed E-state index contributed by atoms with van der Waals surface area (Å²) in [7, 11) is 0. The van der Waals surface area contributed by atoms with Crippen LogP contribution in [0.1, 0.15) is 36.7 Å². The first kappa shape index (κ1) is 9.19. The molecule has 1 aromatic heterocycles. The summed E-state index contributed by atoms with van der Waals surface area (Å²) in [4.78, 5) is 8.16. The molecule has 0 amide bonds. The third-order valence-electron chi connectivity index (χ3n) is 2.80. The molecule has 0 aliphatic heterocycles. The predicted octanol–water partition coefficient (Wildman–Crippen LogP) is 2.59. The van der Waals surface area contributed by atoms with Crippen LogP contribution < -0.4 is 0 Å².